The highest BCUT2D eigenvalue weighted by molar-refractivity contribution is 5.67. The normalized spacial score (nSPS) is 11.9. The summed E-state index contributed by atoms with van der Waals surface area (Å²) in [5.41, 5.74) is 3.85. The maximum Gasteiger partial charge on any atom is 0.416 e. The number of alkyl halides is 3. The molecule has 0 aliphatic carbocycles. The van der Waals surface area contributed by atoms with Gasteiger partial charge in [0.1, 0.15) is 18.0 Å². The molecule has 0 aliphatic heterocycles. The van der Waals surface area contributed by atoms with Gasteiger partial charge in [-0.05, 0) is 32.9 Å². The minimum absolute atomic E-state index is 0.0139. The monoisotopic (exact) mass is 320 g/mol. The highest BCUT2D eigenvalue weighted by atomic mass is 19.4. The van der Waals surface area contributed by atoms with Gasteiger partial charge >= 0.3 is 12.3 Å². The molecule has 0 bridgehead atoms. The first kappa shape index (κ1) is 17.9. The summed E-state index contributed by atoms with van der Waals surface area (Å²) in [7, 11) is 0. The summed E-state index contributed by atoms with van der Waals surface area (Å²) >= 11 is 0. The zero-order valence-corrected chi connectivity index (χ0v) is 12.6. The van der Waals surface area contributed by atoms with Crippen LogP contribution >= 0.6 is 0 Å². The lowest BCUT2D eigenvalue weighted by Gasteiger charge is -2.19. The number of ether oxygens (including phenoxy) is 2. The molecule has 1 aromatic carbocycles. The van der Waals surface area contributed by atoms with Crippen molar-refractivity contribution in [2.75, 3.05) is 18.9 Å². The minimum Gasteiger partial charge on any atom is -0.492 e. The number of alkyl carbamates (subject to hydrolysis) is 1. The van der Waals surface area contributed by atoms with Crippen LogP contribution in [0.5, 0.6) is 5.75 Å². The quantitative estimate of drug-likeness (QED) is 0.660. The number of rotatable bonds is 4. The predicted molar refractivity (Wildman–Crippen MR) is 75.6 cm³/mol. The summed E-state index contributed by atoms with van der Waals surface area (Å²) in [5.74, 6) is -0.0155. The molecule has 5 nitrogen and oxygen atoms in total. The SMILES string of the molecule is CC(C)(C)OC(=O)NCCOc1cc(N)cc(C(F)(F)F)c1. The second kappa shape index (κ2) is 6.76. The molecule has 0 aromatic heterocycles. The van der Waals surface area contributed by atoms with Gasteiger partial charge in [-0.25, -0.2) is 4.79 Å². The van der Waals surface area contributed by atoms with E-state index in [0.29, 0.717) is 0 Å². The molecule has 1 amide bonds. The molecule has 0 saturated carbocycles. The summed E-state index contributed by atoms with van der Waals surface area (Å²) in [6.07, 6.45) is -5.12. The second-order valence-electron chi connectivity index (χ2n) is 5.57. The number of nitrogens with one attached hydrogen (secondary N) is 1. The molecule has 0 radical (unpaired) electrons. The summed E-state index contributed by atoms with van der Waals surface area (Å²) in [6.45, 7) is 5.22. The molecule has 0 aliphatic rings. The van der Waals surface area contributed by atoms with Crippen molar-refractivity contribution in [2.24, 2.45) is 0 Å². The van der Waals surface area contributed by atoms with Gasteiger partial charge in [0.25, 0.3) is 0 Å². The summed E-state index contributed by atoms with van der Waals surface area (Å²) in [6, 6.07) is 2.96. The molecular formula is C14H19F3N2O3. The number of nitrogens with two attached hydrogens (primary N) is 1. The van der Waals surface area contributed by atoms with Gasteiger partial charge in [-0.3, -0.25) is 0 Å². The highest BCUT2D eigenvalue weighted by Crippen LogP contribution is 2.33. The molecule has 0 saturated heterocycles. The van der Waals surface area contributed by atoms with Gasteiger partial charge in [-0.15, -0.1) is 0 Å². The van der Waals surface area contributed by atoms with Crippen LogP contribution in [0, 0.1) is 0 Å². The van der Waals surface area contributed by atoms with Crippen LogP contribution in [-0.2, 0) is 10.9 Å². The van der Waals surface area contributed by atoms with E-state index in [1.54, 1.807) is 20.8 Å². The van der Waals surface area contributed by atoms with Crippen molar-refractivity contribution in [3.05, 3.63) is 23.8 Å². The maximum absolute atomic E-state index is 12.6. The van der Waals surface area contributed by atoms with Crippen molar-refractivity contribution >= 4 is 11.8 Å². The van der Waals surface area contributed by atoms with E-state index in [1.807, 2.05) is 0 Å². The molecule has 0 unspecified atom stereocenters. The third-order valence-corrected chi connectivity index (χ3v) is 2.30. The van der Waals surface area contributed by atoms with Crippen molar-refractivity contribution in [1.29, 1.82) is 0 Å². The van der Waals surface area contributed by atoms with Crippen LogP contribution in [0.2, 0.25) is 0 Å². The summed E-state index contributed by atoms with van der Waals surface area (Å²) in [4.78, 5) is 11.4. The zero-order valence-electron chi connectivity index (χ0n) is 12.6. The van der Waals surface area contributed by atoms with Crippen LogP contribution in [-0.4, -0.2) is 24.8 Å². The Morgan fingerprint density at radius 1 is 1.23 bits per heavy atom. The van der Waals surface area contributed by atoms with E-state index < -0.39 is 23.4 Å². The number of anilines is 1. The number of hydrogen-bond acceptors (Lipinski definition) is 4. The fourth-order valence-corrected chi connectivity index (χ4v) is 1.51. The lowest BCUT2D eigenvalue weighted by atomic mass is 10.2. The highest BCUT2D eigenvalue weighted by Gasteiger charge is 2.31. The van der Waals surface area contributed by atoms with Crippen LogP contribution < -0.4 is 15.8 Å². The van der Waals surface area contributed by atoms with E-state index in [1.165, 1.54) is 6.07 Å². The number of carbonyl (C=O) groups is 1. The molecule has 0 fully saturated rings. The van der Waals surface area contributed by atoms with Crippen molar-refractivity contribution in [3.8, 4) is 5.75 Å². The van der Waals surface area contributed by atoms with Crippen molar-refractivity contribution in [1.82, 2.24) is 5.32 Å². The number of carbonyl (C=O) groups excluding carboxylic acids is 1. The molecule has 22 heavy (non-hydrogen) atoms. The topological polar surface area (TPSA) is 73.6 Å². The summed E-state index contributed by atoms with van der Waals surface area (Å²) in [5, 5.41) is 2.43. The fourth-order valence-electron chi connectivity index (χ4n) is 1.51. The Bertz CT molecular complexity index is 525. The maximum atomic E-state index is 12.6. The van der Waals surface area contributed by atoms with Gasteiger partial charge in [0.2, 0.25) is 0 Å². The third kappa shape index (κ3) is 6.55. The van der Waals surface area contributed by atoms with E-state index >= 15 is 0 Å². The van der Waals surface area contributed by atoms with Crippen molar-refractivity contribution < 1.29 is 27.4 Å². The fraction of sp³-hybridized carbons (Fsp3) is 0.500. The van der Waals surface area contributed by atoms with E-state index in [9.17, 15) is 18.0 Å². The number of hydrogen-bond donors (Lipinski definition) is 2. The van der Waals surface area contributed by atoms with E-state index in [0.717, 1.165) is 12.1 Å². The predicted octanol–water partition coefficient (Wildman–Crippen LogP) is 3.19. The van der Waals surface area contributed by atoms with Crippen molar-refractivity contribution in [2.45, 2.75) is 32.5 Å². The Morgan fingerprint density at radius 3 is 2.41 bits per heavy atom. The van der Waals surface area contributed by atoms with Crippen LogP contribution in [0.25, 0.3) is 0 Å². The zero-order chi connectivity index (χ0) is 17.0. The molecule has 1 aromatic rings. The Balaban J connectivity index is 2.49. The average molecular weight is 320 g/mol. The molecule has 0 heterocycles. The van der Waals surface area contributed by atoms with E-state index in [4.69, 9.17) is 15.2 Å². The Hall–Kier alpha value is -2.12. The van der Waals surface area contributed by atoms with Gasteiger partial charge in [0, 0.05) is 11.8 Å². The Morgan fingerprint density at radius 2 is 1.86 bits per heavy atom. The standard InChI is InChI=1S/C14H19F3N2O3/c1-13(2,3)22-12(20)19-4-5-21-11-7-9(14(15,16)17)6-10(18)8-11/h6-8H,4-5,18H2,1-3H3,(H,19,20). The number of benzene rings is 1. The number of amides is 1. The first-order valence-corrected chi connectivity index (χ1v) is 6.55. The first-order valence-electron chi connectivity index (χ1n) is 6.55. The van der Waals surface area contributed by atoms with Crippen LogP contribution in [0.1, 0.15) is 26.3 Å². The summed E-state index contributed by atoms with van der Waals surface area (Å²) < 4.78 is 48.0. The largest absolute Gasteiger partial charge is 0.492 e. The van der Waals surface area contributed by atoms with E-state index in [-0.39, 0.29) is 24.6 Å². The molecule has 0 atom stereocenters. The first-order chi connectivity index (χ1) is 9.97. The lowest BCUT2D eigenvalue weighted by molar-refractivity contribution is -0.137. The van der Waals surface area contributed by atoms with Gasteiger partial charge in [-0.2, -0.15) is 13.2 Å². The number of nitrogen functional groups attached to an aromatic ring is 1. The van der Waals surface area contributed by atoms with Crippen molar-refractivity contribution in [3.63, 3.8) is 0 Å². The lowest BCUT2D eigenvalue weighted by Crippen LogP contribution is -2.34. The molecular weight excluding hydrogens is 301 g/mol. The third-order valence-electron chi connectivity index (χ3n) is 2.30. The Labute approximate surface area is 126 Å². The van der Waals surface area contributed by atoms with Gasteiger partial charge in [0.15, 0.2) is 0 Å². The average Bonchev–Trinajstić information content (AvgIpc) is 2.30. The van der Waals surface area contributed by atoms with Gasteiger partial charge in [-0.1, -0.05) is 0 Å². The van der Waals surface area contributed by atoms with Crippen LogP contribution in [0.4, 0.5) is 23.7 Å². The smallest absolute Gasteiger partial charge is 0.416 e. The van der Waals surface area contributed by atoms with Gasteiger partial charge < -0.3 is 20.5 Å². The van der Waals surface area contributed by atoms with E-state index in [2.05, 4.69) is 5.32 Å². The molecule has 0 spiro atoms. The Kier molecular flexibility index (Phi) is 5.51. The van der Waals surface area contributed by atoms with Gasteiger partial charge in [0.05, 0.1) is 12.1 Å². The molecule has 124 valence electrons. The minimum atomic E-state index is -4.50. The molecule has 8 heteroatoms. The second-order valence-corrected chi connectivity index (χ2v) is 5.57. The van der Waals surface area contributed by atoms with Crippen LogP contribution in [0.15, 0.2) is 18.2 Å². The molecule has 3 N–H and O–H groups in total. The molecule has 1 rings (SSSR count). The van der Waals surface area contributed by atoms with Crippen LogP contribution in [0.3, 0.4) is 0 Å². The number of halogens is 3.